The largest absolute Gasteiger partial charge is 0.342 e. The van der Waals surface area contributed by atoms with E-state index < -0.39 is 5.54 Å². The van der Waals surface area contributed by atoms with E-state index in [1.54, 1.807) is 31.3 Å². The second kappa shape index (κ2) is 10.6. The second-order valence-corrected chi connectivity index (χ2v) is 9.63. The van der Waals surface area contributed by atoms with Crippen LogP contribution in [0.1, 0.15) is 49.7 Å². The molecule has 1 saturated carbocycles. The minimum Gasteiger partial charge on any atom is -0.342 e. The van der Waals surface area contributed by atoms with Gasteiger partial charge < -0.3 is 16.0 Å². The molecule has 8 heteroatoms. The first-order chi connectivity index (χ1) is 16.9. The summed E-state index contributed by atoms with van der Waals surface area (Å²) in [4.78, 5) is 27.2. The number of carbonyl (C=O) groups is 2. The van der Waals surface area contributed by atoms with Gasteiger partial charge in [-0.15, -0.1) is 0 Å². The molecule has 0 unspecified atom stereocenters. The van der Waals surface area contributed by atoms with E-state index in [0.29, 0.717) is 24.1 Å². The Morgan fingerprint density at radius 2 is 1.94 bits per heavy atom. The smallest absolute Gasteiger partial charge is 0.319 e. The van der Waals surface area contributed by atoms with Crippen LogP contribution in [0.4, 0.5) is 10.5 Å². The summed E-state index contributed by atoms with van der Waals surface area (Å²) in [6.07, 6.45) is 5.67. The van der Waals surface area contributed by atoms with Gasteiger partial charge in [-0.2, -0.15) is 5.26 Å². The number of aryl methyl sites for hydroxylation is 1. The van der Waals surface area contributed by atoms with Crippen LogP contribution in [0.3, 0.4) is 0 Å². The number of nitrogens with one attached hydrogen (secondary N) is 4. The maximum Gasteiger partial charge on any atom is 0.319 e. The van der Waals surface area contributed by atoms with Crippen molar-refractivity contribution in [2.24, 2.45) is 5.92 Å². The van der Waals surface area contributed by atoms with Crippen LogP contribution < -0.4 is 16.0 Å². The summed E-state index contributed by atoms with van der Waals surface area (Å²) >= 11 is 0. The van der Waals surface area contributed by atoms with Crippen LogP contribution in [-0.4, -0.2) is 41.4 Å². The first kappa shape index (κ1) is 24.3. The molecule has 1 heterocycles. The molecule has 2 aromatic rings. The molecule has 8 nitrogen and oxygen atoms in total. The highest BCUT2D eigenvalue weighted by atomic mass is 16.2. The quantitative estimate of drug-likeness (QED) is 0.487. The zero-order valence-electron chi connectivity index (χ0n) is 20.0. The number of carbonyl (C=O) groups excluding carboxylic acids is 2. The zero-order valence-corrected chi connectivity index (χ0v) is 20.0. The van der Waals surface area contributed by atoms with E-state index in [2.05, 4.69) is 34.2 Å². The van der Waals surface area contributed by atoms with Crippen LogP contribution in [0, 0.1) is 22.7 Å². The molecule has 1 aliphatic carbocycles. The maximum atomic E-state index is 13.3. The molecule has 3 amide bonds. The Morgan fingerprint density at radius 1 is 1.20 bits per heavy atom. The monoisotopic (exact) mass is 472 g/mol. The van der Waals surface area contributed by atoms with Gasteiger partial charge in [0.25, 0.3) is 5.91 Å². The Kier molecular flexibility index (Phi) is 7.35. The van der Waals surface area contributed by atoms with Crippen LogP contribution in [0.25, 0.3) is 0 Å². The topological polar surface area (TPSA) is 121 Å². The standard InChI is InChI=1S/C27H32N6O2/c1-33-24(34)27(32-25(33)29,15-14-19-6-3-2-4-7-19)17-21-8-5-9-23(16-21)31-26(35)30-22-12-10-20(18-28)11-13-22/h2-4,6-7,10-13,21,23H,5,8-9,14-17H2,1H3,(H2,29,32)(H2,30,31,35)/t21-,23+,27+/m0/s1. The molecule has 2 fully saturated rings. The van der Waals surface area contributed by atoms with Crippen LogP contribution in [0.15, 0.2) is 54.6 Å². The van der Waals surface area contributed by atoms with Crippen molar-refractivity contribution in [1.29, 1.82) is 10.7 Å². The van der Waals surface area contributed by atoms with Gasteiger partial charge in [-0.25, -0.2) is 4.79 Å². The third-order valence-electron chi connectivity index (χ3n) is 7.12. The summed E-state index contributed by atoms with van der Waals surface area (Å²) in [5, 5.41) is 26.3. The van der Waals surface area contributed by atoms with Crippen molar-refractivity contribution in [2.75, 3.05) is 12.4 Å². The van der Waals surface area contributed by atoms with Crippen molar-refractivity contribution >= 4 is 23.6 Å². The van der Waals surface area contributed by atoms with Gasteiger partial charge >= 0.3 is 6.03 Å². The van der Waals surface area contributed by atoms with Crippen LogP contribution in [-0.2, 0) is 11.2 Å². The number of benzene rings is 2. The number of hydrogen-bond donors (Lipinski definition) is 4. The Hall–Kier alpha value is -3.86. The van der Waals surface area contributed by atoms with Crippen molar-refractivity contribution in [2.45, 2.75) is 56.5 Å². The van der Waals surface area contributed by atoms with Gasteiger partial charge in [-0.3, -0.25) is 15.1 Å². The Bertz CT molecular complexity index is 1110. The fourth-order valence-corrected chi connectivity index (χ4v) is 5.28. The third-order valence-corrected chi connectivity index (χ3v) is 7.12. The maximum absolute atomic E-state index is 13.3. The van der Waals surface area contributed by atoms with Crippen LogP contribution >= 0.6 is 0 Å². The molecule has 1 saturated heterocycles. The molecule has 2 aliphatic rings. The number of urea groups is 1. The van der Waals surface area contributed by atoms with E-state index in [1.807, 2.05) is 18.2 Å². The molecule has 4 N–H and O–H groups in total. The highest BCUT2D eigenvalue weighted by Crippen LogP contribution is 2.36. The van der Waals surface area contributed by atoms with E-state index in [-0.39, 0.29) is 29.9 Å². The normalized spacial score (nSPS) is 23.9. The second-order valence-electron chi connectivity index (χ2n) is 9.63. The molecule has 4 rings (SSSR count). The number of nitrogens with zero attached hydrogens (tertiary/aromatic N) is 2. The molecule has 0 bridgehead atoms. The predicted octanol–water partition coefficient (Wildman–Crippen LogP) is 4.00. The SMILES string of the molecule is CN1C(=N)N[C@](CCc2ccccc2)(C[C@H]2CCC[C@@H](NC(=O)Nc3ccc(C#N)cc3)C2)C1=O. The summed E-state index contributed by atoms with van der Waals surface area (Å²) in [6.45, 7) is 0. The Morgan fingerprint density at radius 3 is 2.60 bits per heavy atom. The van der Waals surface area contributed by atoms with Crippen LogP contribution in [0.5, 0.6) is 0 Å². The lowest BCUT2D eigenvalue weighted by atomic mass is 9.75. The first-order valence-electron chi connectivity index (χ1n) is 12.1. The summed E-state index contributed by atoms with van der Waals surface area (Å²) in [6, 6.07) is 18.7. The molecule has 1 aliphatic heterocycles. The highest BCUT2D eigenvalue weighted by Gasteiger charge is 2.49. The number of guanidine groups is 1. The van der Waals surface area contributed by atoms with E-state index >= 15 is 0 Å². The molecule has 0 aromatic heterocycles. The minimum atomic E-state index is -0.793. The van der Waals surface area contributed by atoms with Gasteiger partial charge in [0.2, 0.25) is 0 Å². The summed E-state index contributed by atoms with van der Waals surface area (Å²) in [7, 11) is 1.65. The van der Waals surface area contributed by atoms with Gasteiger partial charge in [-0.05, 0) is 67.9 Å². The number of anilines is 1. The fraction of sp³-hybridized carbons (Fsp3) is 0.407. The zero-order chi connectivity index (χ0) is 24.8. The predicted molar refractivity (Wildman–Crippen MR) is 135 cm³/mol. The molecule has 0 radical (unpaired) electrons. The number of nitriles is 1. The van der Waals surface area contributed by atoms with Gasteiger partial charge in [0.15, 0.2) is 5.96 Å². The number of hydrogen-bond acceptors (Lipinski definition) is 4. The first-order valence-corrected chi connectivity index (χ1v) is 12.1. The average Bonchev–Trinajstić information content (AvgIpc) is 3.07. The number of amides is 3. The minimum absolute atomic E-state index is 0.0204. The fourth-order valence-electron chi connectivity index (χ4n) is 5.28. The number of rotatable bonds is 7. The average molecular weight is 473 g/mol. The molecule has 3 atom stereocenters. The molecular formula is C27H32N6O2. The summed E-state index contributed by atoms with van der Waals surface area (Å²) in [5.74, 6) is 0.359. The molecule has 0 spiro atoms. The van der Waals surface area contributed by atoms with Gasteiger partial charge in [-0.1, -0.05) is 43.2 Å². The lowest BCUT2D eigenvalue weighted by molar-refractivity contribution is -0.131. The van der Waals surface area contributed by atoms with Crippen molar-refractivity contribution in [3.05, 3.63) is 65.7 Å². The van der Waals surface area contributed by atoms with Gasteiger partial charge in [0.1, 0.15) is 5.54 Å². The van der Waals surface area contributed by atoms with Crippen LogP contribution in [0.2, 0.25) is 0 Å². The molecule has 35 heavy (non-hydrogen) atoms. The van der Waals surface area contributed by atoms with Crippen molar-refractivity contribution < 1.29 is 9.59 Å². The lowest BCUT2D eigenvalue weighted by Gasteiger charge is -2.36. The summed E-state index contributed by atoms with van der Waals surface area (Å²) < 4.78 is 0. The summed E-state index contributed by atoms with van der Waals surface area (Å²) in [5.41, 5.74) is 1.56. The van der Waals surface area contributed by atoms with Gasteiger partial charge in [0, 0.05) is 18.8 Å². The Labute approximate surface area is 206 Å². The van der Waals surface area contributed by atoms with E-state index in [1.165, 1.54) is 10.5 Å². The van der Waals surface area contributed by atoms with E-state index in [0.717, 1.165) is 32.1 Å². The molecule has 182 valence electrons. The molecule has 2 aromatic carbocycles. The third kappa shape index (κ3) is 5.80. The van der Waals surface area contributed by atoms with Gasteiger partial charge in [0.05, 0.1) is 11.6 Å². The van der Waals surface area contributed by atoms with Crippen molar-refractivity contribution in [3.8, 4) is 6.07 Å². The Balaban J connectivity index is 1.38. The lowest BCUT2D eigenvalue weighted by Crippen LogP contribution is -2.50. The highest BCUT2D eigenvalue weighted by molar-refractivity contribution is 6.07. The number of likely N-dealkylation sites (N-methyl/N-ethyl adjacent to an activating group) is 1. The van der Waals surface area contributed by atoms with Crippen molar-refractivity contribution in [3.63, 3.8) is 0 Å². The molecular weight excluding hydrogens is 440 g/mol. The van der Waals surface area contributed by atoms with E-state index in [9.17, 15) is 9.59 Å². The van der Waals surface area contributed by atoms with Crippen molar-refractivity contribution in [1.82, 2.24) is 15.5 Å². The van der Waals surface area contributed by atoms with E-state index in [4.69, 9.17) is 10.7 Å².